The van der Waals surface area contributed by atoms with Crippen LogP contribution in [-0.4, -0.2) is 62.8 Å². The molecule has 4 amide bonds. The molecule has 3 rings (SSSR count). The van der Waals surface area contributed by atoms with Crippen LogP contribution in [0.15, 0.2) is 12.4 Å². The van der Waals surface area contributed by atoms with E-state index in [1.165, 1.54) is 0 Å². The van der Waals surface area contributed by atoms with Gasteiger partial charge in [0.1, 0.15) is 12.1 Å². The standard InChI is InChI=1S/C17H23N5O3/c1-11-7-18-8-13(19-11)12-5-4-6-21(9-12)14(23)10-22-15(24)17(2,3)20-16(22)25/h7-8,12H,4-6,9-10H2,1-3H3,(H,20,25). The molecule has 1 unspecified atom stereocenters. The fourth-order valence-corrected chi connectivity index (χ4v) is 3.32. The van der Waals surface area contributed by atoms with E-state index < -0.39 is 11.6 Å². The maximum Gasteiger partial charge on any atom is 0.325 e. The highest BCUT2D eigenvalue weighted by Crippen LogP contribution is 2.26. The van der Waals surface area contributed by atoms with Crippen LogP contribution in [0.3, 0.4) is 0 Å². The molecule has 1 atom stereocenters. The number of rotatable bonds is 3. The van der Waals surface area contributed by atoms with E-state index in [-0.39, 0.29) is 24.3 Å². The van der Waals surface area contributed by atoms with Crippen molar-refractivity contribution in [3.05, 3.63) is 23.8 Å². The summed E-state index contributed by atoms with van der Waals surface area (Å²) < 4.78 is 0. The van der Waals surface area contributed by atoms with E-state index in [1.807, 2.05) is 6.92 Å². The highest BCUT2D eigenvalue weighted by Gasteiger charge is 2.45. The molecule has 1 N–H and O–H groups in total. The van der Waals surface area contributed by atoms with Gasteiger partial charge in [0, 0.05) is 31.4 Å². The Morgan fingerprint density at radius 3 is 2.76 bits per heavy atom. The van der Waals surface area contributed by atoms with Crippen LogP contribution in [-0.2, 0) is 9.59 Å². The topological polar surface area (TPSA) is 95.5 Å². The van der Waals surface area contributed by atoms with Crippen LogP contribution in [0.2, 0.25) is 0 Å². The first-order valence-electron chi connectivity index (χ1n) is 8.48. The Morgan fingerprint density at radius 2 is 2.12 bits per heavy atom. The van der Waals surface area contributed by atoms with Gasteiger partial charge in [0.2, 0.25) is 5.91 Å². The van der Waals surface area contributed by atoms with E-state index >= 15 is 0 Å². The molecule has 2 aliphatic heterocycles. The molecule has 0 bridgehead atoms. The molecule has 0 radical (unpaired) electrons. The number of carbonyl (C=O) groups is 3. The zero-order valence-electron chi connectivity index (χ0n) is 14.8. The third-order valence-electron chi connectivity index (χ3n) is 4.70. The van der Waals surface area contributed by atoms with Crippen molar-refractivity contribution in [2.75, 3.05) is 19.6 Å². The highest BCUT2D eigenvalue weighted by atomic mass is 16.2. The lowest BCUT2D eigenvalue weighted by molar-refractivity contribution is -0.139. The molecule has 3 heterocycles. The second-order valence-electron chi connectivity index (χ2n) is 7.21. The third-order valence-corrected chi connectivity index (χ3v) is 4.70. The van der Waals surface area contributed by atoms with E-state index in [2.05, 4.69) is 15.3 Å². The summed E-state index contributed by atoms with van der Waals surface area (Å²) in [5, 5.41) is 2.59. The van der Waals surface area contributed by atoms with Crippen LogP contribution in [0.5, 0.6) is 0 Å². The van der Waals surface area contributed by atoms with Crippen LogP contribution >= 0.6 is 0 Å². The molecule has 0 spiro atoms. The maximum absolute atomic E-state index is 12.6. The van der Waals surface area contributed by atoms with Crippen molar-refractivity contribution < 1.29 is 14.4 Å². The summed E-state index contributed by atoms with van der Waals surface area (Å²) in [4.78, 5) is 48.2. The van der Waals surface area contributed by atoms with Gasteiger partial charge in [0.25, 0.3) is 5.91 Å². The van der Waals surface area contributed by atoms with E-state index in [0.29, 0.717) is 13.1 Å². The minimum atomic E-state index is -0.959. The van der Waals surface area contributed by atoms with Gasteiger partial charge in [0.15, 0.2) is 0 Å². The minimum Gasteiger partial charge on any atom is -0.340 e. The first kappa shape index (κ1) is 17.3. The second kappa shape index (κ2) is 6.42. The molecule has 8 heteroatoms. The van der Waals surface area contributed by atoms with Gasteiger partial charge in [0.05, 0.1) is 11.4 Å². The Kier molecular flexibility index (Phi) is 4.45. The molecule has 2 aliphatic rings. The largest absolute Gasteiger partial charge is 0.340 e. The van der Waals surface area contributed by atoms with Crippen LogP contribution in [0.25, 0.3) is 0 Å². The summed E-state index contributed by atoms with van der Waals surface area (Å²) in [7, 11) is 0. The van der Waals surface area contributed by atoms with Gasteiger partial charge in [-0.25, -0.2) is 4.79 Å². The molecular formula is C17H23N5O3. The second-order valence-corrected chi connectivity index (χ2v) is 7.21. The molecule has 0 aromatic carbocycles. The first-order valence-corrected chi connectivity index (χ1v) is 8.48. The number of nitrogens with one attached hydrogen (secondary N) is 1. The number of urea groups is 1. The van der Waals surface area contributed by atoms with Crippen molar-refractivity contribution in [1.82, 2.24) is 25.1 Å². The number of piperidine rings is 1. The van der Waals surface area contributed by atoms with Crippen molar-refractivity contribution in [1.29, 1.82) is 0 Å². The predicted molar refractivity (Wildman–Crippen MR) is 89.6 cm³/mol. The van der Waals surface area contributed by atoms with Crippen molar-refractivity contribution in [2.24, 2.45) is 0 Å². The fraction of sp³-hybridized carbons (Fsp3) is 0.588. The molecular weight excluding hydrogens is 322 g/mol. The minimum absolute atomic E-state index is 0.129. The Labute approximate surface area is 146 Å². The zero-order chi connectivity index (χ0) is 18.2. The summed E-state index contributed by atoms with van der Waals surface area (Å²) in [5.74, 6) is -0.458. The summed E-state index contributed by atoms with van der Waals surface area (Å²) in [6, 6.07) is -0.513. The number of nitrogens with zero attached hydrogens (tertiary/aromatic N) is 4. The van der Waals surface area contributed by atoms with Gasteiger partial charge >= 0.3 is 6.03 Å². The third kappa shape index (κ3) is 3.47. The van der Waals surface area contributed by atoms with Gasteiger partial charge in [-0.1, -0.05) is 0 Å². The number of hydrogen-bond donors (Lipinski definition) is 1. The summed E-state index contributed by atoms with van der Waals surface area (Å²) >= 11 is 0. The maximum atomic E-state index is 12.6. The van der Waals surface area contributed by atoms with Gasteiger partial charge in [-0.15, -0.1) is 0 Å². The number of amides is 4. The lowest BCUT2D eigenvalue weighted by atomic mass is 9.95. The summed E-state index contributed by atoms with van der Waals surface area (Å²) in [5.41, 5.74) is 0.773. The average Bonchev–Trinajstić information content (AvgIpc) is 2.76. The zero-order valence-corrected chi connectivity index (χ0v) is 14.8. The van der Waals surface area contributed by atoms with Gasteiger partial charge in [-0.2, -0.15) is 0 Å². The Bertz CT molecular complexity index is 718. The number of aromatic nitrogens is 2. The van der Waals surface area contributed by atoms with Crippen molar-refractivity contribution in [3.8, 4) is 0 Å². The Morgan fingerprint density at radius 1 is 1.36 bits per heavy atom. The van der Waals surface area contributed by atoms with E-state index in [4.69, 9.17) is 0 Å². The first-order chi connectivity index (χ1) is 11.8. The van der Waals surface area contributed by atoms with Gasteiger partial charge < -0.3 is 10.2 Å². The summed E-state index contributed by atoms with van der Waals surface area (Å²) in [6.45, 7) is 6.09. The molecule has 1 aromatic rings. The quantitative estimate of drug-likeness (QED) is 0.819. The molecule has 8 nitrogen and oxygen atoms in total. The molecule has 2 saturated heterocycles. The number of carbonyl (C=O) groups excluding carboxylic acids is 3. The molecule has 0 aliphatic carbocycles. The highest BCUT2D eigenvalue weighted by molar-refractivity contribution is 6.08. The van der Waals surface area contributed by atoms with E-state index in [9.17, 15) is 14.4 Å². The lowest BCUT2D eigenvalue weighted by Gasteiger charge is -2.33. The Hall–Kier alpha value is -2.51. The fourth-order valence-electron chi connectivity index (χ4n) is 3.32. The molecule has 1 aromatic heterocycles. The summed E-state index contributed by atoms with van der Waals surface area (Å²) in [6.07, 6.45) is 5.25. The van der Waals surface area contributed by atoms with Crippen LogP contribution in [0, 0.1) is 6.92 Å². The molecule has 25 heavy (non-hydrogen) atoms. The monoisotopic (exact) mass is 345 g/mol. The van der Waals surface area contributed by atoms with Crippen LogP contribution < -0.4 is 5.32 Å². The van der Waals surface area contributed by atoms with Crippen molar-refractivity contribution >= 4 is 17.8 Å². The van der Waals surface area contributed by atoms with Crippen molar-refractivity contribution in [3.63, 3.8) is 0 Å². The number of aryl methyl sites for hydroxylation is 1. The molecule has 2 fully saturated rings. The number of likely N-dealkylation sites (tertiary alicyclic amines) is 1. The van der Waals surface area contributed by atoms with E-state index in [0.717, 1.165) is 29.1 Å². The lowest BCUT2D eigenvalue weighted by Crippen LogP contribution is -2.47. The number of hydrogen-bond acceptors (Lipinski definition) is 5. The van der Waals surface area contributed by atoms with Crippen molar-refractivity contribution in [2.45, 2.75) is 45.1 Å². The molecule has 134 valence electrons. The van der Waals surface area contributed by atoms with Gasteiger partial charge in [-0.05, 0) is 33.6 Å². The molecule has 0 saturated carbocycles. The van der Waals surface area contributed by atoms with E-state index in [1.54, 1.807) is 31.1 Å². The normalized spacial score (nSPS) is 22.9. The average molecular weight is 345 g/mol. The van der Waals surface area contributed by atoms with Crippen LogP contribution in [0.4, 0.5) is 4.79 Å². The smallest absolute Gasteiger partial charge is 0.325 e. The van der Waals surface area contributed by atoms with Crippen LogP contribution in [0.1, 0.15) is 44.0 Å². The van der Waals surface area contributed by atoms with Gasteiger partial charge in [-0.3, -0.25) is 24.5 Å². The Balaban J connectivity index is 1.66. The predicted octanol–water partition coefficient (Wildman–Crippen LogP) is 0.821. The number of imide groups is 1. The SMILES string of the molecule is Cc1cncc(C2CCCN(C(=O)CN3C(=O)NC(C)(C)C3=O)C2)n1.